The second-order valence-electron chi connectivity index (χ2n) is 9.19. The van der Waals surface area contributed by atoms with Gasteiger partial charge in [-0.05, 0) is 86.0 Å². The van der Waals surface area contributed by atoms with Crippen LogP contribution in [0.3, 0.4) is 0 Å². The molecule has 4 bridgehead atoms. The summed E-state index contributed by atoms with van der Waals surface area (Å²) in [4.78, 5) is 19.8. The largest absolute Gasteiger partial charge is 0.369 e. The zero-order chi connectivity index (χ0) is 18.8. The molecule has 0 amide bonds. The number of aromatic amines is 1. The third kappa shape index (κ3) is 2.48. The summed E-state index contributed by atoms with van der Waals surface area (Å²) in [6, 6.07) is 6.42. The quantitative estimate of drug-likeness (QED) is 0.651. The summed E-state index contributed by atoms with van der Waals surface area (Å²) in [5.74, 6) is 4.75. The van der Waals surface area contributed by atoms with Crippen LogP contribution >= 0.6 is 0 Å². The zero-order valence-electron chi connectivity index (χ0n) is 15.7. The Hall–Kier alpha value is -2.43. The van der Waals surface area contributed by atoms with Gasteiger partial charge in [-0.15, -0.1) is 0 Å². The molecule has 0 spiro atoms. The molecule has 4 aliphatic carbocycles. The molecule has 2 aromatic heterocycles. The lowest BCUT2D eigenvalue weighted by molar-refractivity contribution is -0.0305. The van der Waals surface area contributed by atoms with Gasteiger partial charge in [-0.25, -0.2) is 9.37 Å². The molecule has 2 N–H and O–H groups in total. The molecule has 4 saturated carbocycles. The van der Waals surface area contributed by atoms with Crippen molar-refractivity contribution in [1.82, 2.24) is 9.97 Å². The highest BCUT2D eigenvalue weighted by Crippen LogP contribution is 2.56. The van der Waals surface area contributed by atoms with E-state index in [0.717, 1.165) is 41.4 Å². The Morgan fingerprint density at radius 2 is 1.79 bits per heavy atom. The van der Waals surface area contributed by atoms with E-state index >= 15 is 0 Å². The molecule has 0 unspecified atom stereocenters. The van der Waals surface area contributed by atoms with Gasteiger partial charge in [0.15, 0.2) is 0 Å². The number of fused-ring (bicyclic) bond motifs is 3. The van der Waals surface area contributed by atoms with Crippen LogP contribution in [0, 0.1) is 35.4 Å². The van der Waals surface area contributed by atoms with E-state index in [-0.39, 0.29) is 11.4 Å². The molecule has 144 valence electrons. The first kappa shape index (κ1) is 16.5. The number of rotatable bonds is 3. The lowest BCUT2D eigenvalue weighted by Gasteiger charge is -2.54. The first-order valence-electron chi connectivity index (χ1n) is 10.5. The van der Waals surface area contributed by atoms with Crippen molar-refractivity contribution in [2.24, 2.45) is 29.6 Å². The number of aromatic nitrogens is 2. The molecule has 4 nitrogen and oxygen atoms in total. The Balaban J connectivity index is 1.38. The second kappa shape index (κ2) is 6.03. The average Bonchev–Trinajstić information content (AvgIpc) is 2.66. The lowest BCUT2D eigenvalue weighted by atomic mass is 9.52. The monoisotopic (exact) mass is 377 g/mol. The molecule has 7 rings (SSSR count). The maximum Gasteiger partial charge on any atom is 0.258 e. The zero-order valence-corrected chi connectivity index (χ0v) is 15.7. The minimum absolute atomic E-state index is 0.229. The number of halogens is 1. The van der Waals surface area contributed by atoms with Gasteiger partial charge in [0.25, 0.3) is 5.56 Å². The van der Waals surface area contributed by atoms with Crippen molar-refractivity contribution in [2.45, 2.75) is 32.1 Å². The molecule has 0 aliphatic heterocycles. The SMILES string of the molecule is O=c1[nH]ccc2nc(NCC3C4CC5CC(C4)CC3C5)c3ccc(F)cc3c12. The second-order valence-corrected chi connectivity index (χ2v) is 9.19. The molecular weight excluding hydrogens is 353 g/mol. The third-order valence-electron chi connectivity index (χ3n) is 7.60. The third-order valence-corrected chi connectivity index (χ3v) is 7.60. The number of nitrogens with zero attached hydrogens (tertiary/aromatic N) is 1. The van der Waals surface area contributed by atoms with Crippen molar-refractivity contribution in [3.8, 4) is 0 Å². The molecule has 1 aromatic carbocycles. The molecule has 0 atom stereocenters. The van der Waals surface area contributed by atoms with Crippen LogP contribution in [0.4, 0.5) is 10.2 Å². The van der Waals surface area contributed by atoms with Crippen LogP contribution in [0.5, 0.6) is 0 Å². The van der Waals surface area contributed by atoms with Crippen molar-refractivity contribution in [1.29, 1.82) is 0 Å². The van der Waals surface area contributed by atoms with Gasteiger partial charge < -0.3 is 10.3 Å². The van der Waals surface area contributed by atoms with E-state index < -0.39 is 0 Å². The first-order chi connectivity index (χ1) is 13.7. The van der Waals surface area contributed by atoms with E-state index in [0.29, 0.717) is 22.2 Å². The normalized spacial score (nSPS) is 31.0. The van der Waals surface area contributed by atoms with Gasteiger partial charge in [0.05, 0.1) is 10.9 Å². The van der Waals surface area contributed by atoms with Crippen LogP contribution in [0.15, 0.2) is 35.3 Å². The minimum Gasteiger partial charge on any atom is -0.369 e. The van der Waals surface area contributed by atoms with Crippen molar-refractivity contribution < 1.29 is 4.39 Å². The number of anilines is 1. The number of benzene rings is 1. The molecule has 3 aromatic rings. The number of H-pyrrole nitrogens is 1. The minimum atomic E-state index is -0.338. The van der Waals surface area contributed by atoms with Gasteiger partial charge in [-0.3, -0.25) is 4.79 Å². The fourth-order valence-corrected chi connectivity index (χ4v) is 6.65. The fourth-order valence-electron chi connectivity index (χ4n) is 6.65. The Kier molecular flexibility index (Phi) is 3.56. The fraction of sp³-hybridized carbons (Fsp3) is 0.478. The molecule has 28 heavy (non-hydrogen) atoms. The Bertz CT molecular complexity index is 1110. The summed E-state index contributed by atoms with van der Waals surface area (Å²) >= 11 is 0. The van der Waals surface area contributed by atoms with Crippen LogP contribution in [-0.2, 0) is 0 Å². The van der Waals surface area contributed by atoms with E-state index in [1.807, 2.05) is 0 Å². The summed E-state index contributed by atoms with van der Waals surface area (Å²) in [7, 11) is 0. The molecule has 0 radical (unpaired) electrons. The van der Waals surface area contributed by atoms with Gasteiger partial charge >= 0.3 is 0 Å². The molecule has 4 aliphatic rings. The topological polar surface area (TPSA) is 57.8 Å². The average molecular weight is 377 g/mol. The number of hydrogen-bond acceptors (Lipinski definition) is 3. The predicted octanol–water partition coefficient (Wildman–Crippen LogP) is 4.70. The Morgan fingerprint density at radius 1 is 1.04 bits per heavy atom. The molecule has 5 heteroatoms. The maximum atomic E-state index is 13.9. The summed E-state index contributed by atoms with van der Waals surface area (Å²) in [5, 5.41) is 5.50. The molecule has 4 fully saturated rings. The van der Waals surface area contributed by atoms with E-state index in [4.69, 9.17) is 4.98 Å². The van der Waals surface area contributed by atoms with Crippen LogP contribution in [0.1, 0.15) is 32.1 Å². The maximum absolute atomic E-state index is 13.9. The van der Waals surface area contributed by atoms with Crippen molar-refractivity contribution in [3.63, 3.8) is 0 Å². The lowest BCUT2D eigenvalue weighted by Crippen LogP contribution is -2.47. The van der Waals surface area contributed by atoms with Gasteiger partial charge in [-0.2, -0.15) is 0 Å². The van der Waals surface area contributed by atoms with Gasteiger partial charge in [0.2, 0.25) is 0 Å². The van der Waals surface area contributed by atoms with Gasteiger partial charge in [-0.1, -0.05) is 0 Å². The van der Waals surface area contributed by atoms with Crippen molar-refractivity contribution >= 4 is 27.5 Å². The van der Waals surface area contributed by atoms with Gasteiger partial charge in [0.1, 0.15) is 11.6 Å². The van der Waals surface area contributed by atoms with Gasteiger partial charge in [0, 0.05) is 23.5 Å². The number of hydrogen-bond donors (Lipinski definition) is 2. The van der Waals surface area contributed by atoms with E-state index in [1.165, 1.54) is 44.2 Å². The molecule has 0 saturated heterocycles. The Morgan fingerprint density at radius 3 is 2.54 bits per heavy atom. The van der Waals surface area contributed by atoms with E-state index in [1.54, 1.807) is 18.3 Å². The molecule has 2 heterocycles. The Labute approximate surface area is 162 Å². The van der Waals surface area contributed by atoms with Crippen LogP contribution < -0.4 is 10.9 Å². The first-order valence-corrected chi connectivity index (χ1v) is 10.5. The summed E-state index contributed by atoms with van der Waals surface area (Å²) < 4.78 is 13.9. The standard InChI is InChI=1S/C23H24FN3O/c24-16-1-2-17-18(10-16)21-20(3-4-25-23(21)28)27-22(17)26-11-19-14-6-12-5-13(8-14)9-15(19)7-12/h1-4,10,12-15,19H,5-9,11H2,(H,25,28)(H,26,27). The van der Waals surface area contributed by atoms with E-state index in [2.05, 4.69) is 10.3 Å². The summed E-state index contributed by atoms with van der Waals surface area (Å²) in [5.41, 5.74) is 0.377. The van der Waals surface area contributed by atoms with Crippen molar-refractivity contribution in [3.05, 3.63) is 46.6 Å². The highest BCUT2D eigenvalue weighted by atomic mass is 19.1. The number of nitrogens with one attached hydrogen (secondary N) is 2. The van der Waals surface area contributed by atoms with Crippen LogP contribution in [-0.4, -0.2) is 16.5 Å². The van der Waals surface area contributed by atoms with Crippen LogP contribution in [0.2, 0.25) is 0 Å². The highest BCUT2D eigenvalue weighted by Gasteiger charge is 2.47. The smallest absolute Gasteiger partial charge is 0.258 e. The molecular formula is C23H24FN3O. The van der Waals surface area contributed by atoms with Crippen molar-refractivity contribution in [2.75, 3.05) is 11.9 Å². The summed E-state index contributed by atoms with van der Waals surface area (Å²) in [6.07, 6.45) is 8.64. The summed E-state index contributed by atoms with van der Waals surface area (Å²) in [6.45, 7) is 0.920. The number of pyridine rings is 2. The highest BCUT2D eigenvalue weighted by molar-refractivity contribution is 6.09. The predicted molar refractivity (Wildman–Crippen MR) is 109 cm³/mol. The van der Waals surface area contributed by atoms with E-state index in [9.17, 15) is 9.18 Å². The van der Waals surface area contributed by atoms with Crippen LogP contribution in [0.25, 0.3) is 21.7 Å².